The summed E-state index contributed by atoms with van der Waals surface area (Å²) in [4.78, 5) is 0. The Morgan fingerprint density at radius 2 is 1.81 bits per heavy atom. The highest BCUT2D eigenvalue weighted by Gasteiger charge is 2.13. The zero-order valence-electron chi connectivity index (χ0n) is 11.6. The smallest absolute Gasteiger partial charge is 0.283 e. The van der Waals surface area contributed by atoms with Crippen LogP contribution in [0.4, 0.5) is 0 Å². The predicted molar refractivity (Wildman–Crippen MR) is 79.9 cm³/mol. The van der Waals surface area contributed by atoms with Crippen LogP contribution in [0.5, 0.6) is 5.75 Å². The van der Waals surface area contributed by atoms with Gasteiger partial charge in [0.15, 0.2) is 17.0 Å². The molecule has 0 bridgehead atoms. The number of hydrogen-bond donors (Lipinski definition) is 0. The number of halogens is 1. The maximum atomic E-state index is 5.77. The second-order valence-corrected chi connectivity index (χ2v) is 5.40. The Bertz CT molecular complexity index is 744. The SMILES string of the molecule is Cc1cccc(C)c1OCc1nnc(-c2ccc(Br)o2)o1. The van der Waals surface area contributed by atoms with Crippen molar-refractivity contribution in [2.75, 3.05) is 0 Å². The minimum absolute atomic E-state index is 0.223. The predicted octanol–water partition coefficient (Wildman–Crippen LogP) is 4.29. The van der Waals surface area contributed by atoms with Gasteiger partial charge in [-0.2, -0.15) is 0 Å². The quantitative estimate of drug-likeness (QED) is 0.703. The van der Waals surface area contributed by atoms with Gasteiger partial charge in [-0.25, -0.2) is 0 Å². The van der Waals surface area contributed by atoms with E-state index in [1.54, 1.807) is 12.1 Å². The molecule has 2 heterocycles. The molecule has 3 rings (SSSR count). The molecule has 5 nitrogen and oxygen atoms in total. The number of hydrogen-bond acceptors (Lipinski definition) is 5. The van der Waals surface area contributed by atoms with E-state index in [-0.39, 0.29) is 6.61 Å². The first kappa shape index (κ1) is 13.9. The third-order valence-corrected chi connectivity index (χ3v) is 3.43. The number of benzene rings is 1. The van der Waals surface area contributed by atoms with Crippen molar-refractivity contribution in [2.24, 2.45) is 0 Å². The van der Waals surface area contributed by atoms with Gasteiger partial charge in [0, 0.05) is 0 Å². The van der Waals surface area contributed by atoms with Gasteiger partial charge in [0.1, 0.15) is 5.75 Å². The molecular weight excluding hydrogens is 336 g/mol. The monoisotopic (exact) mass is 348 g/mol. The normalized spacial score (nSPS) is 10.8. The summed E-state index contributed by atoms with van der Waals surface area (Å²) >= 11 is 3.23. The van der Waals surface area contributed by atoms with Gasteiger partial charge >= 0.3 is 0 Å². The summed E-state index contributed by atoms with van der Waals surface area (Å²) in [5.41, 5.74) is 2.15. The molecule has 3 aromatic rings. The lowest BCUT2D eigenvalue weighted by atomic mass is 10.1. The Morgan fingerprint density at radius 3 is 2.48 bits per heavy atom. The molecule has 0 amide bonds. The summed E-state index contributed by atoms with van der Waals surface area (Å²) in [5, 5.41) is 7.90. The molecular formula is C15H13BrN2O3. The third kappa shape index (κ3) is 3.00. The van der Waals surface area contributed by atoms with Crippen molar-refractivity contribution in [3.8, 4) is 17.4 Å². The van der Waals surface area contributed by atoms with Gasteiger partial charge < -0.3 is 13.6 Å². The number of nitrogens with zero attached hydrogens (tertiary/aromatic N) is 2. The van der Waals surface area contributed by atoms with Gasteiger partial charge in [-0.15, -0.1) is 10.2 Å². The minimum atomic E-state index is 0.223. The topological polar surface area (TPSA) is 61.3 Å². The summed E-state index contributed by atoms with van der Waals surface area (Å²) in [6, 6.07) is 9.53. The van der Waals surface area contributed by atoms with Crippen LogP contribution < -0.4 is 4.74 Å². The van der Waals surface area contributed by atoms with Crippen LogP contribution >= 0.6 is 15.9 Å². The van der Waals surface area contributed by atoms with Crippen LogP contribution in [0.2, 0.25) is 0 Å². The van der Waals surface area contributed by atoms with E-state index in [1.807, 2.05) is 32.0 Å². The Labute approximate surface area is 130 Å². The van der Waals surface area contributed by atoms with E-state index in [4.69, 9.17) is 13.6 Å². The highest BCUT2D eigenvalue weighted by atomic mass is 79.9. The molecule has 0 atom stereocenters. The highest BCUT2D eigenvalue weighted by molar-refractivity contribution is 9.10. The number of rotatable bonds is 4. The van der Waals surface area contributed by atoms with Crippen molar-refractivity contribution in [3.63, 3.8) is 0 Å². The molecule has 2 aromatic heterocycles. The molecule has 0 radical (unpaired) electrons. The van der Waals surface area contributed by atoms with Crippen LogP contribution in [-0.2, 0) is 6.61 Å². The highest BCUT2D eigenvalue weighted by Crippen LogP contribution is 2.25. The number of aromatic nitrogens is 2. The largest absolute Gasteiger partial charge is 0.483 e. The fourth-order valence-electron chi connectivity index (χ4n) is 2.00. The van der Waals surface area contributed by atoms with Gasteiger partial charge in [-0.3, -0.25) is 0 Å². The molecule has 0 saturated heterocycles. The third-order valence-electron chi connectivity index (χ3n) is 3.00. The first-order valence-corrected chi connectivity index (χ1v) is 7.20. The average molecular weight is 349 g/mol. The molecule has 21 heavy (non-hydrogen) atoms. The Morgan fingerprint density at radius 1 is 1.05 bits per heavy atom. The average Bonchev–Trinajstić information content (AvgIpc) is 3.07. The Balaban J connectivity index is 1.73. The van der Waals surface area contributed by atoms with E-state index in [0.717, 1.165) is 16.9 Å². The van der Waals surface area contributed by atoms with Gasteiger partial charge in [-0.05, 0) is 53.0 Å². The molecule has 0 fully saturated rings. The van der Waals surface area contributed by atoms with Crippen LogP contribution in [-0.4, -0.2) is 10.2 Å². The van der Waals surface area contributed by atoms with Crippen LogP contribution in [0.3, 0.4) is 0 Å². The van der Waals surface area contributed by atoms with Crippen LogP contribution in [0.1, 0.15) is 17.0 Å². The summed E-state index contributed by atoms with van der Waals surface area (Å²) < 4.78 is 17.3. The second-order valence-electron chi connectivity index (χ2n) is 4.61. The molecule has 0 aliphatic carbocycles. The maximum absolute atomic E-state index is 5.77. The fraction of sp³-hybridized carbons (Fsp3) is 0.200. The lowest BCUT2D eigenvalue weighted by Crippen LogP contribution is -1.99. The summed E-state index contributed by atoms with van der Waals surface area (Å²) in [6.07, 6.45) is 0. The van der Waals surface area contributed by atoms with Gasteiger partial charge in [0.05, 0.1) is 0 Å². The standard InChI is InChI=1S/C15H13BrN2O3/c1-9-4-3-5-10(2)14(9)19-8-13-17-18-15(21-13)11-6-7-12(16)20-11/h3-7H,8H2,1-2H3. The van der Waals surface area contributed by atoms with Crippen molar-refractivity contribution in [1.82, 2.24) is 10.2 Å². The van der Waals surface area contributed by atoms with Crippen molar-refractivity contribution in [3.05, 3.63) is 52.0 Å². The van der Waals surface area contributed by atoms with E-state index in [0.29, 0.717) is 22.2 Å². The van der Waals surface area contributed by atoms with Gasteiger partial charge in [0.25, 0.3) is 11.8 Å². The number of furan rings is 1. The van der Waals surface area contributed by atoms with Gasteiger partial charge in [0.2, 0.25) is 0 Å². The van der Waals surface area contributed by atoms with E-state index in [9.17, 15) is 0 Å². The molecule has 1 aromatic carbocycles. The minimum Gasteiger partial charge on any atom is -0.483 e. The molecule has 0 saturated carbocycles. The van der Waals surface area contributed by atoms with Gasteiger partial charge in [-0.1, -0.05) is 18.2 Å². The summed E-state index contributed by atoms with van der Waals surface area (Å²) in [5.74, 6) is 2.10. The molecule has 0 N–H and O–H groups in total. The maximum Gasteiger partial charge on any atom is 0.283 e. The molecule has 0 spiro atoms. The number of para-hydroxylation sites is 1. The van der Waals surface area contributed by atoms with E-state index >= 15 is 0 Å². The molecule has 0 aliphatic rings. The first-order valence-electron chi connectivity index (χ1n) is 6.40. The molecule has 6 heteroatoms. The Kier molecular flexibility index (Phi) is 3.79. The van der Waals surface area contributed by atoms with Crippen LogP contribution in [0.15, 0.2) is 43.8 Å². The van der Waals surface area contributed by atoms with Crippen molar-refractivity contribution < 1.29 is 13.6 Å². The van der Waals surface area contributed by atoms with Crippen LogP contribution in [0.25, 0.3) is 11.7 Å². The van der Waals surface area contributed by atoms with Crippen molar-refractivity contribution in [1.29, 1.82) is 0 Å². The Hall–Kier alpha value is -2.08. The van der Waals surface area contributed by atoms with Crippen molar-refractivity contribution in [2.45, 2.75) is 20.5 Å². The number of ether oxygens (including phenoxy) is 1. The zero-order chi connectivity index (χ0) is 14.8. The lowest BCUT2D eigenvalue weighted by molar-refractivity contribution is 0.260. The summed E-state index contributed by atoms with van der Waals surface area (Å²) in [6.45, 7) is 4.23. The molecule has 0 unspecified atom stereocenters. The lowest BCUT2D eigenvalue weighted by Gasteiger charge is -2.09. The molecule has 108 valence electrons. The zero-order valence-corrected chi connectivity index (χ0v) is 13.2. The summed E-state index contributed by atoms with van der Waals surface area (Å²) in [7, 11) is 0. The first-order chi connectivity index (χ1) is 10.1. The van der Waals surface area contributed by atoms with E-state index in [1.165, 1.54) is 0 Å². The van der Waals surface area contributed by atoms with E-state index < -0.39 is 0 Å². The number of aryl methyl sites for hydroxylation is 2. The van der Waals surface area contributed by atoms with Crippen molar-refractivity contribution >= 4 is 15.9 Å². The fourth-order valence-corrected chi connectivity index (χ4v) is 2.31. The van der Waals surface area contributed by atoms with E-state index in [2.05, 4.69) is 26.1 Å². The molecule has 0 aliphatic heterocycles. The second kappa shape index (κ2) is 5.73. The van der Waals surface area contributed by atoms with Crippen LogP contribution in [0, 0.1) is 13.8 Å².